The molecule has 33 heavy (non-hydrogen) atoms. The molecule has 0 radical (unpaired) electrons. The lowest BCUT2D eigenvalue weighted by atomic mass is 9.74. The van der Waals surface area contributed by atoms with Crippen molar-refractivity contribution in [3.63, 3.8) is 0 Å². The Morgan fingerprint density at radius 2 is 1.52 bits per heavy atom. The van der Waals surface area contributed by atoms with E-state index in [0.717, 1.165) is 29.4 Å². The first kappa shape index (κ1) is 24.1. The van der Waals surface area contributed by atoms with Gasteiger partial charge in [-0.3, -0.25) is 0 Å². The summed E-state index contributed by atoms with van der Waals surface area (Å²) in [6.45, 7) is 6.56. The molecule has 0 unspecified atom stereocenters. The van der Waals surface area contributed by atoms with Crippen LogP contribution in [0, 0.1) is 17.8 Å². The minimum Gasteiger partial charge on any atom is -0.490 e. The van der Waals surface area contributed by atoms with Crippen molar-refractivity contribution < 1.29 is 4.74 Å². The molecule has 1 heteroatoms. The highest BCUT2D eigenvalue weighted by atomic mass is 16.5. The average molecular weight is 445 g/mol. The summed E-state index contributed by atoms with van der Waals surface area (Å²) in [5.74, 6) is 4.51. The van der Waals surface area contributed by atoms with Crippen LogP contribution in [0.25, 0.3) is 10.8 Å². The number of unbranched alkanes of at least 4 members (excludes halogenated alkanes) is 1. The van der Waals surface area contributed by atoms with E-state index >= 15 is 0 Å². The van der Waals surface area contributed by atoms with Crippen LogP contribution in [-0.2, 0) is 0 Å². The predicted molar refractivity (Wildman–Crippen MR) is 143 cm³/mol. The Morgan fingerprint density at radius 1 is 0.848 bits per heavy atom. The van der Waals surface area contributed by atoms with Crippen LogP contribution in [0.15, 0.2) is 61.2 Å². The maximum Gasteiger partial charge on any atom is 0.120 e. The Labute approximate surface area is 202 Å². The molecule has 0 N–H and O–H groups in total. The van der Waals surface area contributed by atoms with Crippen LogP contribution in [0.2, 0.25) is 0 Å². The minimum absolute atomic E-state index is 0.560. The summed E-state index contributed by atoms with van der Waals surface area (Å²) >= 11 is 0. The van der Waals surface area contributed by atoms with Crippen molar-refractivity contribution in [2.75, 3.05) is 6.61 Å². The lowest BCUT2D eigenvalue weighted by Crippen LogP contribution is -2.17. The smallest absolute Gasteiger partial charge is 0.120 e. The fourth-order valence-electron chi connectivity index (χ4n) is 6.12. The van der Waals surface area contributed by atoms with Gasteiger partial charge in [-0.1, -0.05) is 75.3 Å². The molecule has 0 amide bonds. The molecule has 2 saturated carbocycles. The first-order chi connectivity index (χ1) is 16.2. The Hall–Kier alpha value is -2.02. The number of fused-ring (bicyclic) bond motifs is 1. The van der Waals surface area contributed by atoms with Gasteiger partial charge in [0.15, 0.2) is 0 Å². The second kappa shape index (κ2) is 12.4. The van der Waals surface area contributed by atoms with Crippen molar-refractivity contribution in [2.45, 2.75) is 89.9 Å². The first-order valence-electron chi connectivity index (χ1n) is 13.7. The number of hydrogen-bond acceptors (Lipinski definition) is 1. The highest BCUT2D eigenvalue weighted by Crippen LogP contribution is 2.40. The molecule has 0 heterocycles. The monoisotopic (exact) mass is 444 g/mol. The number of hydrogen-bond donors (Lipinski definition) is 0. The topological polar surface area (TPSA) is 9.23 Å². The Balaban J connectivity index is 1.20. The molecule has 178 valence electrons. The van der Waals surface area contributed by atoms with Gasteiger partial charge in [0.25, 0.3) is 0 Å². The van der Waals surface area contributed by atoms with E-state index in [2.05, 4.69) is 62.1 Å². The fraction of sp³-hybridized carbons (Fsp3) is 0.562. The summed E-state index contributed by atoms with van der Waals surface area (Å²) < 4.78 is 5.69. The largest absolute Gasteiger partial charge is 0.490 e. The van der Waals surface area contributed by atoms with Gasteiger partial charge in [-0.25, -0.2) is 0 Å². The van der Waals surface area contributed by atoms with Gasteiger partial charge in [0, 0.05) is 0 Å². The van der Waals surface area contributed by atoms with E-state index in [0.29, 0.717) is 6.61 Å². The van der Waals surface area contributed by atoms with Crippen LogP contribution < -0.4 is 4.74 Å². The van der Waals surface area contributed by atoms with Gasteiger partial charge < -0.3 is 4.74 Å². The highest BCUT2D eigenvalue weighted by molar-refractivity contribution is 5.84. The number of ether oxygens (including phenoxy) is 1. The molecule has 0 bridgehead atoms. The molecule has 2 aromatic carbocycles. The second-order valence-corrected chi connectivity index (χ2v) is 10.7. The van der Waals surface area contributed by atoms with Crippen molar-refractivity contribution in [2.24, 2.45) is 17.8 Å². The molecule has 0 spiro atoms. The van der Waals surface area contributed by atoms with Gasteiger partial charge >= 0.3 is 0 Å². The second-order valence-electron chi connectivity index (χ2n) is 10.7. The zero-order chi connectivity index (χ0) is 22.9. The minimum atomic E-state index is 0.560. The third-order valence-electron chi connectivity index (χ3n) is 8.26. The van der Waals surface area contributed by atoms with Crippen LogP contribution in [0.1, 0.15) is 95.5 Å². The molecule has 2 aliphatic rings. The summed E-state index contributed by atoms with van der Waals surface area (Å²) in [4.78, 5) is 0. The zero-order valence-electron chi connectivity index (χ0n) is 20.8. The van der Waals surface area contributed by atoms with Gasteiger partial charge in [-0.15, -0.1) is 0 Å². The quantitative estimate of drug-likeness (QED) is 0.331. The summed E-state index contributed by atoms with van der Waals surface area (Å²) in [6, 6.07) is 13.5. The summed E-state index contributed by atoms with van der Waals surface area (Å²) in [7, 11) is 0. The van der Waals surface area contributed by atoms with Gasteiger partial charge in [0.1, 0.15) is 12.4 Å². The van der Waals surface area contributed by atoms with Crippen molar-refractivity contribution in [3.05, 3.63) is 66.8 Å². The SMILES string of the molecule is C=CCOc1ccc2cc(C3CCC(CCC4CCC(/C=C/CCC)CC4)CC3)ccc2c1. The molecule has 4 rings (SSSR count). The Kier molecular flexibility index (Phi) is 9.09. The van der Waals surface area contributed by atoms with Crippen molar-refractivity contribution >= 4 is 10.8 Å². The van der Waals surface area contributed by atoms with Crippen LogP contribution in [0.3, 0.4) is 0 Å². The first-order valence-corrected chi connectivity index (χ1v) is 13.7. The van der Waals surface area contributed by atoms with Crippen LogP contribution in [0.5, 0.6) is 5.75 Å². The highest BCUT2D eigenvalue weighted by Gasteiger charge is 2.25. The van der Waals surface area contributed by atoms with Gasteiger partial charge in [-0.05, 0) is 110 Å². The Bertz CT molecular complexity index is 894. The van der Waals surface area contributed by atoms with E-state index in [4.69, 9.17) is 4.74 Å². The van der Waals surface area contributed by atoms with Gasteiger partial charge in [0.05, 0.1) is 0 Å². The van der Waals surface area contributed by atoms with Gasteiger partial charge in [-0.2, -0.15) is 0 Å². The molecular weight excluding hydrogens is 400 g/mol. The lowest BCUT2D eigenvalue weighted by Gasteiger charge is -2.31. The zero-order valence-corrected chi connectivity index (χ0v) is 20.8. The molecule has 2 aliphatic carbocycles. The standard InChI is InChI=1S/C32H44O/c1-3-5-6-7-25-8-10-26(11-9-25)12-13-27-14-16-28(17-15-27)29-18-19-31-24-32(33-22-4-2)21-20-30(31)23-29/h4,6-7,18-21,23-28H,2-3,5,8-17,22H2,1H3/b7-6+. The summed E-state index contributed by atoms with van der Waals surface area (Å²) in [5.41, 5.74) is 1.54. The van der Waals surface area contributed by atoms with E-state index in [-0.39, 0.29) is 0 Å². The molecule has 0 saturated heterocycles. The van der Waals surface area contributed by atoms with E-state index in [9.17, 15) is 0 Å². The molecular formula is C32H44O. The summed E-state index contributed by atoms with van der Waals surface area (Å²) in [5, 5.41) is 2.60. The van der Waals surface area contributed by atoms with E-state index in [1.165, 1.54) is 93.4 Å². The molecule has 1 nitrogen and oxygen atoms in total. The number of allylic oxidation sites excluding steroid dienone is 2. The van der Waals surface area contributed by atoms with Crippen LogP contribution in [0.4, 0.5) is 0 Å². The Morgan fingerprint density at radius 3 is 2.21 bits per heavy atom. The maximum absolute atomic E-state index is 5.69. The van der Waals surface area contributed by atoms with Crippen molar-refractivity contribution in [1.29, 1.82) is 0 Å². The van der Waals surface area contributed by atoms with Gasteiger partial charge in [0.2, 0.25) is 0 Å². The molecule has 0 atom stereocenters. The number of benzene rings is 2. The average Bonchev–Trinajstić information content (AvgIpc) is 2.87. The fourth-order valence-corrected chi connectivity index (χ4v) is 6.12. The molecule has 2 aromatic rings. The van der Waals surface area contributed by atoms with Crippen molar-refractivity contribution in [1.82, 2.24) is 0 Å². The number of rotatable bonds is 10. The normalized spacial score (nSPS) is 26.0. The van der Waals surface area contributed by atoms with E-state index in [1.54, 1.807) is 6.08 Å². The summed E-state index contributed by atoms with van der Waals surface area (Å²) in [6.07, 6.45) is 23.6. The molecule has 0 aliphatic heterocycles. The molecule has 2 fully saturated rings. The maximum atomic E-state index is 5.69. The van der Waals surface area contributed by atoms with Crippen LogP contribution >= 0.6 is 0 Å². The van der Waals surface area contributed by atoms with Crippen molar-refractivity contribution in [3.8, 4) is 5.75 Å². The molecule has 0 aromatic heterocycles. The van der Waals surface area contributed by atoms with E-state index < -0.39 is 0 Å². The third-order valence-corrected chi connectivity index (χ3v) is 8.26. The predicted octanol–water partition coefficient (Wildman–Crippen LogP) is 9.62. The van der Waals surface area contributed by atoms with Crippen LogP contribution in [-0.4, -0.2) is 6.61 Å². The van der Waals surface area contributed by atoms with E-state index in [1.807, 2.05) is 0 Å². The third kappa shape index (κ3) is 6.98. The lowest BCUT2D eigenvalue weighted by molar-refractivity contribution is 0.246.